The first-order chi connectivity index (χ1) is 7.42. The monoisotopic (exact) mass is 202 g/mol. The summed E-state index contributed by atoms with van der Waals surface area (Å²) in [5.41, 5.74) is 1.16. The molecule has 0 saturated heterocycles. The number of rotatable bonds is 4. The molecule has 0 aliphatic carbocycles. The van der Waals surface area contributed by atoms with Gasteiger partial charge in [-0.25, -0.2) is 9.67 Å². The van der Waals surface area contributed by atoms with E-state index >= 15 is 0 Å². The van der Waals surface area contributed by atoms with Gasteiger partial charge in [-0.2, -0.15) is 5.10 Å². The zero-order chi connectivity index (χ0) is 10.5. The Labute approximate surface area is 89.0 Å². The lowest BCUT2D eigenvalue weighted by atomic mass is 10.2. The second-order valence-corrected chi connectivity index (χ2v) is 3.22. The van der Waals surface area contributed by atoms with Gasteiger partial charge in [0.05, 0.1) is 0 Å². The van der Waals surface area contributed by atoms with Gasteiger partial charge in [0.15, 0.2) is 5.82 Å². The summed E-state index contributed by atoms with van der Waals surface area (Å²) in [5, 5.41) is 7.47. The van der Waals surface area contributed by atoms with Crippen molar-refractivity contribution in [3.05, 3.63) is 42.4 Å². The highest BCUT2D eigenvalue weighted by molar-refractivity contribution is 5.32. The van der Waals surface area contributed by atoms with Gasteiger partial charge in [0, 0.05) is 30.7 Å². The van der Waals surface area contributed by atoms with Gasteiger partial charge in [0.25, 0.3) is 0 Å². The molecule has 0 bridgehead atoms. The van der Waals surface area contributed by atoms with Crippen molar-refractivity contribution in [1.82, 2.24) is 20.1 Å². The van der Waals surface area contributed by atoms with E-state index in [1.807, 2.05) is 18.3 Å². The lowest BCUT2D eigenvalue weighted by Gasteiger charge is -2.08. The van der Waals surface area contributed by atoms with E-state index < -0.39 is 0 Å². The lowest BCUT2D eigenvalue weighted by Crippen LogP contribution is -2.14. The van der Waals surface area contributed by atoms with E-state index in [4.69, 9.17) is 0 Å². The second kappa shape index (κ2) is 4.70. The molecule has 0 spiro atoms. The molecule has 0 aliphatic heterocycles. The topological polar surface area (TPSA) is 42.7 Å². The van der Waals surface area contributed by atoms with Crippen LogP contribution in [0.4, 0.5) is 0 Å². The number of nitrogens with one attached hydrogen (secondary N) is 1. The molecule has 15 heavy (non-hydrogen) atoms. The molecule has 4 heteroatoms. The molecule has 2 rings (SSSR count). The minimum Gasteiger partial charge on any atom is -0.313 e. The molecule has 2 aromatic heterocycles. The van der Waals surface area contributed by atoms with Gasteiger partial charge in [-0.1, -0.05) is 13.0 Å². The molecule has 0 saturated carbocycles. The van der Waals surface area contributed by atoms with Crippen LogP contribution in [0.25, 0.3) is 5.82 Å². The van der Waals surface area contributed by atoms with E-state index in [2.05, 4.69) is 28.4 Å². The van der Waals surface area contributed by atoms with Gasteiger partial charge in [0.1, 0.15) is 0 Å². The van der Waals surface area contributed by atoms with Crippen LogP contribution >= 0.6 is 0 Å². The van der Waals surface area contributed by atoms with Gasteiger partial charge in [0.2, 0.25) is 0 Å². The lowest BCUT2D eigenvalue weighted by molar-refractivity contribution is 0.710. The summed E-state index contributed by atoms with van der Waals surface area (Å²) < 4.78 is 1.78. The predicted molar refractivity (Wildman–Crippen MR) is 58.7 cm³/mol. The molecule has 0 aromatic carbocycles. The highest BCUT2D eigenvalue weighted by atomic mass is 15.3. The van der Waals surface area contributed by atoms with E-state index in [0.29, 0.717) is 0 Å². The zero-order valence-corrected chi connectivity index (χ0v) is 8.72. The highest BCUT2D eigenvalue weighted by Crippen LogP contribution is 2.09. The van der Waals surface area contributed by atoms with Crippen LogP contribution in [0, 0.1) is 0 Å². The fraction of sp³-hybridized carbons (Fsp3) is 0.273. The third kappa shape index (κ3) is 2.22. The van der Waals surface area contributed by atoms with Crippen LogP contribution in [0.15, 0.2) is 36.8 Å². The summed E-state index contributed by atoms with van der Waals surface area (Å²) in [6.45, 7) is 3.86. The Morgan fingerprint density at radius 3 is 3.00 bits per heavy atom. The zero-order valence-electron chi connectivity index (χ0n) is 8.72. The molecule has 0 unspecified atom stereocenters. The highest BCUT2D eigenvalue weighted by Gasteiger charge is 2.04. The van der Waals surface area contributed by atoms with E-state index in [1.54, 1.807) is 17.1 Å². The summed E-state index contributed by atoms with van der Waals surface area (Å²) in [6, 6.07) is 5.90. The first-order valence-electron chi connectivity index (χ1n) is 5.06. The minimum atomic E-state index is 0.819. The third-order valence-electron chi connectivity index (χ3n) is 2.15. The average molecular weight is 202 g/mol. The Morgan fingerprint density at radius 1 is 1.33 bits per heavy atom. The fourth-order valence-electron chi connectivity index (χ4n) is 1.43. The van der Waals surface area contributed by atoms with E-state index in [9.17, 15) is 0 Å². The first kappa shape index (κ1) is 9.86. The Morgan fingerprint density at radius 2 is 2.27 bits per heavy atom. The summed E-state index contributed by atoms with van der Waals surface area (Å²) in [4.78, 5) is 4.33. The van der Waals surface area contributed by atoms with Crippen molar-refractivity contribution in [2.24, 2.45) is 0 Å². The number of aromatic nitrogens is 3. The molecule has 0 aliphatic rings. The number of hydrogen-bond acceptors (Lipinski definition) is 3. The Balaban J connectivity index is 2.30. The molecule has 1 N–H and O–H groups in total. The molecule has 0 atom stereocenters. The van der Waals surface area contributed by atoms with Crippen molar-refractivity contribution in [2.75, 3.05) is 6.54 Å². The Hall–Kier alpha value is -1.68. The maximum absolute atomic E-state index is 4.33. The van der Waals surface area contributed by atoms with Crippen LogP contribution in [0.5, 0.6) is 0 Å². The molecular formula is C11H14N4. The van der Waals surface area contributed by atoms with Gasteiger partial charge in [-0.3, -0.25) is 0 Å². The van der Waals surface area contributed by atoms with Crippen LogP contribution in [0.3, 0.4) is 0 Å². The van der Waals surface area contributed by atoms with Crippen molar-refractivity contribution in [1.29, 1.82) is 0 Å². The Bertz CT molecular complexity index is 408. The largest absolute Gasteiger partial charge is 0.313 e. The molecule has 0 radical (unpaired) electrons. The fourth-order valence-corrected chi connectivity index (χ4v) is 1.43. The van der Waals surface area contributed by atoms with Crippen molar-refractivity contribution in [3.8, 4) is 5.82 Å². The summed E-state index contributed by atoms with van der Waals surface area (Å²) in [5.74, 6) is 0.892. The van der Waals surface area contributed by atoms with Gasteiger partial charge >= 0.3 is 0 Å². The minimum absolute atomic E-state index is 0.819. The molecular weight excluding hydrogens is 188 g/mol. The summed E-state index contributed by atoms with van der Waals surface area (Å²) in [6.07, 6.45) is 5.44. The van der Waals surface area contributed by atoms with Crippen molar-refractivity contribution in [2.45, 2.75) is 13.5 Å². The third-order valence-corrected chi connectivity index (χ3v) is 2.15. The predicted octanol–water partition coefficient (Wildman–Crippen LogP) is 1.38. The molecule has 78 valence electrons. The van der Waals surface area contributed by atoms with Crippen molar-refractivity contribution < 1.29 is 0 Å². The second-order valence-electron chi connectivity index (χ2n) is 3.22. The normalized spacial score (nSPS) is 10.5. The van der Waals surface area contributed by atoms with E-state index in [0.717, 1.165) is 24.5 Å². The van der Waals surface area contributed by atoms with Crippen LogP contribution in [-0.4, -0.2) is 21.3 Å². The molecule has 2 aromatic rings. The van der Waals surface area contributed by atoms with E-state index in [-0.39, 0.29) is 0 Å². The average Bonchev–Trinajstić information content (AvgIpc) is 2.80. The number of nitrogens with zero attached hydrogens (tertiary/aromatic N) is 3. The molecule has 0 fully saturated rings. The van der Waals surface area contributed by atoms with Gasteiger partial charge in [-0.15, -0.1) is 0 Å². The standard InChI is InChI=1S/C11H14N4/c1-2-12-9-10-5-3-6-13-11(10)15-8-4-7-14-15/h3-8,12H,2,9H2,1H3. The molecule has 2 heterocycles. The number of hydrogen-bond donors (Lipinski definition) is 1. The maximum Gasteiger partial charge on any atom is 0.157 e. The van der Waals surface area contributed by atoms with Gasteiger partial charge < -0.3 is 5.32 Å². The molecule has 4 nitrogen and oxygen atoms in total. The maximum atomic E-state index is 4.33. The number of pyridine rings is 1. The first-order valence-corrected chi connectivity index (χ1v) is 5.06. The van der Waals surface area contributed by atoms with Crippen molar-refractivity contribution >= 4 is 0 Å². The summed E-state index contributed by atoms with van der Waals surface area (Å²) in [7, 11) is 0. The smallest absolute Gasteiger partial charge is 0.157 e. The molecule has 0 amide bonds. The van der Waals surface area contributed by atoms with Gasteiger partial charge in [-0.05, 0) is 18.7 Å². The van der Waals surface area contributed by atoms with Crippen molar-refractivity contribution in [3.63, 3.8) is 0 Å². The van der Waals surface area contributed by atoms with Crippen LogP contribution in [0.2, 0.25) is 0 Å². The SMILES string of the molecule is CCNCc1cccnc1-n1cccn1. The quantitative estimate of drug-likeness (QED) is 0.814. The van der Waals surface area contributed by atoms with Crippen LogP contribution in [-0.2, 0) is 6.54 Å². The Kier molecular flexibility index (Phi) is 3.09. The van der Waals surface area contributed by atoms with Crippen LogP contribution < -0.4 is 5.32 Å². The van der Waals surface area contributed by atoms with E-state index in [1.165, 1.54) is 0 Å². The van der Waals surface area contributed by atoms with Crippen LogP contribution in [0.1, 0.15) is 12.5 Å². The summed E-state index contributed by atoms with van der Waals surface area (Å²) >= 11 is 0.